The molecule has 0 saturated carbocycles. The van der Waals surface area contributed by atoms with E-state index in [9.17, 15) is 4.79 Å². The van der Waals surface area contributed by atoms with Gasteiger partial charge in [0, 0.05) is 34.1 Å². The second kappa shape index (κ2) is 7.58. The molecule has 0 N–H and O–H groups in total. The van der Waals surface area contributed by atoms with Gasteiger partial charge in [-0.15, -0.1) is 0 Å². The fourth-order valence-corrected chi connectivity index (χ4v) is 1.94. The van der Waals surface area contributed by atoms with Gasteiger partial charge in [0.05, 0.1) is 12.4 Å². The number of aromatic nitrogens is 2. The summed E-state index contributed by atoms with van der Waals surface area (Å²) in [6.45, 7) is 4.85. The Balaban J connectivity index is 2.02. The zero-order valence-corrected chi connectivity index (χ0v) is 14.0. The first-order valence-electron chi connectivity index (χ1n) is 7.45. The van der Waals surface area contributed by atoms with Gasteiger partial charge in [-0.05, 0) is 24.6 Å². The van der Waals surface area contributed by atoms with E-state index in [0.29, 0.717) is 24.8 Å². The summed E-state index contributed by atoms with van der Waals surface area (Å²) in [7, 11) is 3.69. The van der Waals surface area contributed by atoms with E-state index in [0.717, 1.165) is 11.3 Å². The van der Waals surface area contributed by atoms with Gasteiger partial charge in [0.15, 0.2) is 5.82 Å². The summed E-state index contributed by atoms with van der Waals surface area (Å²) in [5.74, 6) is 1.92. The standard InChI is InChI=1S/C17H22N4O2/c1-13-6-5-7-15(10-13)23-17-12-18-11-16(19-17)21(4)9-8-20(3)14(2)22/h5-7,10-12H,8-9H2,1-4H3. The third kappa shape index (κ3) is 4.95. The Labute approximate surface area is 136 Å². The maximum Gasteiger partial charge on any atom is 0.239 e. The third-order valence-electron chi connectivity index (χ3n) is 3.51. The van der Waals surface area contributed by atoms with Crippen LogP contribution in [0.25, 0.3) is 0 Å². The van der Waals surface area contributed by atoms with E-state index >= 15 is 0 Å². The molecule has 1 heterocycles. The molecule has 2 rings (SSSR count). The van der Waals surface area contributed by atoms with Crippen LogP contribution in [0.2, 0.25) is 0 Å². The van der Waals surface area contributed by atoms with Crippen molar-refractivity contribution in [2.24, 2.45) is 0 Å². The van der Waals surface area contributed by atoms with Crippen LogP contribution in [0.15, 0.2) is 36.7 Å². The highest BCUT2D eigenvalue weighted by molar-refractivity contribution is 5.72. The molecule has 2 aromatic rings. The summed E-state index contributed by atoms with van der Waals surface area (Å²) in [6, 6.07) is 7.77. The van der Waals surface area contributed by atoms with Crippen molar-refractivity contribution in [3.8, 4) is 11.6 Å². The normalized spacial score (nSPS) is 10.3. The first-order chi connectivity index (χ1) is 11.0. The van der Waals surface area contributed by atoms with Gasteiger partial charge in [0.2, 0.25) is 11.8 Å². The molecule has 0 fully saturated rings. The summed E-state index contributed by atoms with van der Waals surface area (Å²) >= 11 is 0. The summed E-state index contributed by atoms with van der Waals surface area (Å²) in [5.41, 5.74) is 1.12. The third-order valence-corrected chi connectivity index (χ3v) is 3.51. The molecule has 0 aliphatic rings. The van der Waals surface area contributed by atoms with Crippen LogP contribution in [0.4, 0.5) is 5.82 Å². The monoisotopic (exact) mass is 314 g/mol. The van der Waals surface area contributed by atoms with Crippen LogP contribution in [-0.2, 0) is 4.79 Å². The summed E-state index contributed by atoms with van der Waals surface area (Å²) in [4.78, 5) is 23.5. The van der Waals surface area contributed by atoms with Crippen LogP contribution in [0.3, 0.4) is 0 Å². The smallest absolute Gasteiger partial charge is 0.239 e. The molecule has 0 radical (unpaired) electrons. The molecule has 0 aliphatic carbocycles. The molecule has 0 spiro atoms. The molecule has 0 atom stereocenters. The Morgan fingerprint density at radius 3 is 2.70 bits per heavy atom. The maximum atomic E-state index is 11.2. The molecule has 1 amide bonds. The van der Waals surface area contributed by atoms with Crippen molar-refractivity contribution in [3.63, 3.8) is 0 Å². The fourth-order valence-electron chi connectivity index (χ4n) is 1.94. The minimum Gasteiger partial charge on any atom is -0.437 e. The highest BCUT2D eigenvalue weighted by Crippen LogP contribution is 2.21. The zero-order valence-electron chi connectivity index (χ0n) is 14.0. The van der Waals surface area contributed by atoms with Crippen molar-refractivity contribution in [2.75, 3.05) is 32.1 Å². The van der Waals surface area contributed by atoms with Crippen LogP contribution in [-0.4, -0.2) is 48.0 Å². The van der Waals surface area contributed by atoms with Crippen LogP contribution in [0.1, 0.15) is 12.5 Å². The molecule has 6 nitrogen and oxygen atoms in total. The van der Waals surface area contributed by atoms with E-state index in [4.69, 9.17) is 4.74 Å². The Kier molecular flexibility index (Phi) is 5.51. The topological polar surface area (TPSA) is 58.6 Å². The highest BCUT2D eigenvalue weighted by Gasteiger charge is 2.08. The van der Waals surface area contributed by atoms with Crippen molar-refractivity contribution >= 4 is 11.7 Å². The maximum absolute atomic E-state index is 11.2. The molecule has 1 aromatic carbocycles. The number of nitrogens with zero attached hydrogens (tertiary/aromatic N) is 4. The van der Waals surface area contributed by atoms with Gasteiger partial charge in [-0.25, -0.2) is 0 Å². The lowest BCUT2D eigenvalue weighted by atomic mass is 10.2. The highest BCUT2D eigenvalue weighted by atomic mass is 16.5. The number of aryl methyl sites for hydroxylation is 1. The summed E-state index contributed by atoms with van der Waals surface area (Å²) in [6.07, 6.45) is 3.26. The van der Waals surface area contributed by atoms with Crippen LogP contribution >= 0.6 is 0 Å². The van der Waals surface area contributed by atoms with Gasteiger partial charge in [0.25, 0.3) is 0 Å². The average Bonchev–Trinajstić information content (AvgIpc) is 2.52. The average molecular weight is 314 g/mol. The number of rotatable bonds is 6. The van der Waals surface area contributed by atoms with Gasteiger partial charge in [-0.1, -0.05) is 12.1 Å². The largest absolute Gasteiger partial charge is 0.437 e. The molecule has 0 bridgehead atoms. The first kappa shape index (κ1) is 16.7. The number of carbonyl (C=O) groups excluding carboxylic acids is 1. The molecule has 6 heteroatoms. The Morgan fingerprint density at radius 1 is 1.22 bits per heavy atom. The Hall–Kier alpha value is -2.63. The zero-order chi connectivity index (χ0) is 16.8. The van der Waals surface area contributed by atoms with Crippen LogP contribution in [0, 0.1) is 6.92 Å². The van der Waals surface area contributed by atoms with Gasteiger partial charge >= 0.3 is 0 Å². The van der Waals surface area contributed by atoms with E-state index in [1.54, 1.807) is 31.3 Å². The number of benzene rings is 1. The molecular formula is C17H22N4O2. The predicted molar refractivity (Wildman–Crippen MR) is 89.9 cm³/mol. The van der Waals surface area contributed by atoms with E-state index in [-0.39, 0.29) is 5.91 Å². The van der Waals surface area contributed by atoms with Crippen LogP contribution in [0.5, 0.6) is 11.6 Å². The minimum atomic E-state index is 0.0426. The lowest BCUT2D eigenvalue weighted by Gasteiger charge is -2.22. The second-order valence-electron chi connectivity index (χ2n) is 5.50. The van der Waals surface area contributed by atoms with Crippen molar-refractivity contribution in [1.82, 2.24) is 14.9 Å². The van der Waals surface area contributed by atoms with E-state index in [1.807, 2.05) is 43.1 Å². The van der Waals surface area contributed by atoms with Gasteiger partial charge in [0.1, 0.15) is 5.75 Å². The Morgan fingerprint density at radius 2 is 2.00 bits per heavy atom. The predicted octanol–water partition coefficient (Wildman–Crippen LogP) is 2.49. The Bertz CT molecular complexity index is 675. The lowest BCUT2D eigenvalue weighted by Crippen LogP contribution is -2.33. The van der Waals surface area contributed by atoms with E-state index in [1.165, 1.54) is 0 Å². The van der Waals surface area contributed by atoms with E-state index < -0.39 is 0 Å². The minimum absolute atomic E-state index is 0.0426. The number of hydrogen-bond acceptors (Lipinski definition) is 5. The van der Waals surface area contributed by atoms with Gasteiger partial charge in [-0.3, -0.25) is 9.78 Å². The number of likely N-dealkylation sites (N-methyl/N-ethyl adjacent to an activating group) is 2. The van der Waals surface area contributed by atoms with Crippen LogP contribution < -0.4 is 9.64 Å². The van der Waals surface area contributed by atoms with Gasteiger partial charge < -0.3 is 14.5 Å². The number of anilines is 1. The molecular weight excluding hydrogens is 292 g/mol. The molecule has 0 saturated heterocycles. The number of amides is 1. The number of carbonyl (C=O) groups is 1. The summed E-state index contributed by atoms with van der Waals surface area (Å²) in [5, 5.41) is 0. The molecule has 1 aromatic heterocycles. The van der Waals surface area contributed by atoms with Crippen molar-refractivity contribution in [1.29, 1.82) is 0 Å². The quantitative estimate of drug-likeness (QED) is 0.820. The van der Waals surface area contributed by atoms with Crippen molar-refractivity contribution < 1.29 is 9.53 Å². The molecule has 122 valence electrons. The lowest BCUT2D eigenvalue weighted by molar-refractivity contribution is -0.127. The SMILES string of the molecule is CC(=O)N(C)CCN(C)c1cncc(Oc2cccc(C)c2)n1. The second-order valence-corrected chi connectivity index (χ2v) is 5.50. The number of hydrogen-bond donors (Lipinski definition) is 0. The summed E-state index contributed by atoms with van der Waals surface area (Å²) < 4.78 is 5.75. The molecule has 0 unspecified atom stereocenters. The van der Waals surface area contributed by atoms with Crippen molar-refractivity contribution in [3.05, 3.63) is 42.2 Å². The van der Waals surface area contributed by atoms with Crippen molar-refractivity contribution in [2.45, 2.75) is 13.8 Å². The fraction of sp³-hybridized carbons (Fsp3) is 0.353. The first-order valence-corrected chi connectivity index (χ1v) is 7.45. The molecule has 23 heavy (non-hydrogen) atoms. The van der Waals surface area contributed by atoms with Gasteiger partial charge in [-0.2, -0.15) is 4.98 Å². The molecule has 0 aliphatic heterocycles. The number of ether oxygens (including phenoxy) is 1. The van der Waals surface area contributed by atoms with E-state index in [2.05, 4.69) is 9.97 Å².